The van der Waals surface area contributed by atoms with Crippen LogP contribution in [-0.4, -0.2) is 18.1 Å². The zero-order valence-electron chi connectivity index (χ0n) is 10.0. The van der Waals surface area contributed by atoms with Crippen LogP contribution in [0.3, 0.4) is 0 Å². The topological polar surface area (TPSA) is 68.1 Å². The van der Waals surface area contributed by atoms with E-state index >= 15 is 0 Å². The van der Waals surface area contributed by atoms with Gasteiger partial charge in [0.2, 0.25) is 0 Å². The van der Waals surface area contributed by atoms with Gasteiger partial charge in [0, 0.05) is 22.9 Å². The molecule has 90 valence electrons. The van der Waals surface area contributed by atoms with Gasteiger partial charge in [0.15, 0.2) is 0 Å². The number of rotatable bonds is 3. The number of aromatic amines is 1. The third-order valence-electron chi connectivity index (χ3n) is 2.90. The molecule has 2 rings (SSSR count). The van der Waals surface area contributed by atoms with E-state index < -0.39 is 0 Å². The van der Waals surface area contributed by atoms with Gasteiger partial charge in [-0.25, -0.2) is 0 Å². The van der Waals surface area contributed by atoms with Gasteiger partial charge in [-0.15, -0.1) is 0 Å². The van der Waals surface area contributed by atoms with Crippen molar-refractivity contribution < 1.29 is 9.53 Å². The van der Waals surface area contributed by atoms with Crippen LogP contribution in [0.25, 0.3) is 10.9 Å². The van der Waals surface area contributed by atoms with Crippen molar-refractivity contribution in [3.63, 3.8) is 0 Å². The fraction of sp³-hybridized carbons (Fsp3) is 0.308. The molecule has 0 aliphatic carbocycles. The molecule has 0 bridgehead atoms. The molecule has 0 radical (unpaired) electrons. The van der Waals surface area contributed by atoms with Crippen LogP contribution in [0.15, 0.2) is 18.2 Å². The van der Waals surface area contributed by atoms with Gasteiger partial charge in [-0.05, 0) is 25.5 Å². The van der Waals surface area contributed by atoms with Crippen molar-refractivity contribution in [1.82, 2.24) is 4.98 Å². The number of carbonyl (C=O) groups is 1. The minimum Gasteiger partial charge on any atom is -0.469 e. The summed E-state index contributed by atoms with van der Waals surface area (Å²) in [4.78, 5) is 14.3. The number of nitrogen functional groups attached to an aromatic ring is 1. The van der Waals surface area contributed by atoms with Crippen molar-refractivity contribution in [3.8, 4) is 0 Å². The van der Waals surface area contributed by atoms with E-state index in [0.717, 1.165) is 16.5 Å². The van der Waals surface area contributed by atoms with E-state index in [9.17, 15) is 4.79 Å². The Bertz CT molecular complexity index is 558. The Hall–Kier alpha value is -1.97. The lowest BCUT2D eigenvalue weighted by molar-refractivity contribution is -0.140. The first-order valence-electron chi connectivity index (χ1n) is 5.55. The second-order valence-electron chi connectivity index (χ2n) is 4.14. The number of ether oxygens (including phenoxy) is 1. The number of nitrogens with two attached hydrogens (primary N) is 1. The first-order chi connectivity index (χ1) is 8.11. The predicted octanol–water partition coefficient (Wildman–Crippen LogP) is 2.16. The molecule has 3 N–H and O–H groups in total. The molecule has 0 spiro atoms. The summed E-state index contributed by atoms with van der Waals surface area (Å²) in [5.74, 6) is 0.418. The number of fused-ring (bicyclic) bond motifs is 1. The van der Waals surface area contributed by atoms with E-state index in [1.807, 2.05) is 19.1 Å². The van der Waals surface area contributed by atoms with Gasteiger partial charge >= 0.3 is 5.97 Å². The Labute approximate surface area is 99.8 Å². The number of methoxy groups -OCH3 is 1. The maximum atomic E-state index is 11.1. The molecule has 0 aliphatic rings. The smallest absolute Gasteiger partial charge is 0.305 e. The van der Waals surface area contributed by atoms with Crippen LogP contribution in [0.2, 0.25) is 0 Å². The van der Waals surface area contributed by atoms with E-state index in [1.54, 1.807) is 0 Å². The molecule has 1 heterocycles. The number of anilines is 1. The normalized spacial score (nSPS) is 10.7. The predicted molar refractivity (Wildman–Crippen MR) is 67.8 cm³/mol. The van der Waals surface area contributed by atoms with Crippen LogP contribution in [0.5, 0.6) is 0 Å². The number of aryl methyl sites for hydroxylation is 2. The second-order valence-corrected chi connectivity index (χ2v) is 4.14. The highest BCUT2D eigenvalue weighted by atomic mass is 16.5. The van der Waals surface area contributed by atoms with Crippen LogP contribution in [0.4, 0.5) is 5.82 Å². The number of carbonyl (C=O) groups excluding carboxylic acids is 1. The van der Waals surface area contributed by atoms with Crippen LogP contribution in [-0.2, 0) is 16.0 Å². The lowest BCUT2D eigenvalue weighted by Gasteiger charge is -2.01. The van der Waals surface area contributed by atoms with Gasteiger partial charge in [-0.2, -0.15) is 0 Å². The van der Waals surface area contributed by atoms with Crippen molar-refractivity contribution >= 4 is 22.7 Å². The Kier molecular flexibility index (Phi) is 3.04. The van der Waals surface area contributed by atoms with Crippen molar-refractivity contribution in [2.24, 2.45) is 0 Å². The number of esters is 1. The number of aromatic nitrogens is 1. The Morgan fingerprint density at radius 2 is 2.24 bits per heavy atom. The third-order valence-corrected chi connectivity index (χ3v) is 2.90. The minimum atomic E-state index is -0.216. The summed E-state index contributed by atoms with van der Waals surface area (Å²) in [6, 6.07) is 6.11. The SMILES string of the molecule is COC(=O)CCc1c(N)[nH]c2ccc(C)cc12. The second kappa shape index (κ2) is 4.49. The average molecular weight is 232 g/mol. The fourth-order valence-electron chi connectivity index (χ4n) is 1.98. The number of nitrogens with one attached hydrogen (secondary N) is 1. The van der Waals surface area contributed by atoms with E-state index in [1.165, 1.54) is 12.7 Å². The quantitative estimate of drug-likeness (QED) is 0.797. The van der Waals surface area contributed by atoms with E-state index in [-0.39, 0.29) is 5.97 Å². The molecule has 17 heavy (non-hydrogen) atoms. The Morgan fingerprint density at radius 3 is 2.94 bits per heavy atom. The summed E-state index contributed by atoms with van der Waals surface area (Å²) in [7, 11) is 1.39. The molecule has 4 heteroatoms. The van der Waals surface area contributed by atoms with Gasteiger partial charge in [0.05, 0.1) is 7.11 Å². The standard InChI is InChI=1S/C13H16N2O2/c1-8-3-5-11-10(7-8)9(13(14)15-11)4-6-12(16)17-2/h3,5,7,15H,4,6,14H2,1-2H3. The summed E-state index contributed by atoms with van der Waals surface area (Å²) in [5.41, 5.74) is 9.10. The van der Waals surface area contributed by atoms with E-state index in [4.69, 9.17) is 5.73 Å². The van der Waals surface area contributed by atoms with Crippen molar-refractivity contribution in [1.29, 1.82) is 0 Å². The van der Waals surface area contributed by atoms with Crippen molar-refractivity contribution in [2.75, 3.05) is 12.8 Å². The highest BCUT2D eigenvalue weighted by Crippen LogP contribution is 2.26. The molecule has 2 aromatic rings. The summed E-state index contributed by atoms with van der Waals surface area (Å²) in [6.45, 7) is 2.03. The Morgan fingerprint density at radius 1 is 1.47 bits per heavy atom. The van der Waals surface area contributed by atoms with Gasteiger partial charge in [0.25, 0.3) is 0 Å². The van der Waals surface area contributed by atoms with Crippen LogP contribution in [0, 0.1) is 6.92 Å². The molecule has 0 amide bonds. The van der Waals surface area contributed by atoms with Crippen LogP contribution in [0.1, 0.15) is 17.5 Å². The third kappa shape index (κ3) is 2.25. The zero-order chi connectivity index (χ0) is 12.4. The molecule has 0 fully saturated rings. The molecular formula is C13H16N2O2. The monoisotopic (exact) mass is 232 g/mol. The average Bonchev–Trinajstić information content (AvgIpc) is 2.61. The first kappa shape index (κ1) is 11.5. The first-order valence-corrected chi connectivity index (χ1v) is 5.55. The number of hydrogen-bond acceptors (Lipinski definition) is 3. The molecule has 1 aromatic carbocycles. The minimum absolute atomic E-state index is 0.216. The highest BCUT2D eigenvalue weighted by Gasteiger charge is 2.11. The zero-order valence-corrected chi connectivity index (χ0v) is 10.0. The summed E-state index contributed by atoms with van der Waals surface area (Å²) in [5, 5.41) is 1.09. The maximum absolute atomic E-state index is 11.1. The molecule has 0 saturated heterocycles. The molecule has 0 aliphatic heterocycles. The van der Waals surface area contributed by atoms with Gasteiger partial charge in [0.1, 0.15) is 5.82 Å². The van der Waals surface area contributed by atoms with Crippen molar-refractivity contribution in [2.45, 2.75) is 19.8 Å². The molecule has 4 nitrogen and oxygen atoms in total. The fourth-order valence-corrected chi connectivity index (χ4v) is 1.98. The summed E-state index contributed by atoms with van der Waals surface area (Å²) >= 11 is 0. The van der Waals surface area contributed by atoms with Gasteiger partial charge in [-0.1, -0.05) is 11.6 Å². The highest BCUT2D eigenvalue weighted by molar-refractivity contribution is 5.89. The lowest BCUT2D eigenvalue weighted by Crippen LogP contribution is -2.03. The molecule has 0 atom stereocenters. The van der Waals surface area contributed by atoms with E-state index in [2.05, 4.69) is 15.8 Å². The van der Waals surface area contributed by atoms with Crippen molar-refractivity contribution in [3.05, 3.63) is 29.3 Å². The summed E-state index contributed by atoms with van der Waals surface area (Å²) < 4.78 is 4.63. The van der Waals surface area contributed by atoms with Gasteiger partial charge in [-0.3, -0.25) is 4.79 Å². The number of benzene rings is 1. The van der Waals surface area contributed by atoms with Crippen LogP contribution < -0.4 is 5.73 Å². The Balaban J connectivity index is 2.35. The lowest BCUT2D eigenvalue weighted by atomic mass is 10.1. The number of H-pyrrole nitrogens is 1. The summed E-state index contributed by atoms with van der Waals surface area (Å²) in [6.07, 6.45) is 0.948. The number of hydrogen-bond donors (Lipinski definition) is 2. The van der Waals surface area contributed by atoms with E-state index in [0.29, 0.717) is 18.7 Å². The maximum Gasteiger partial charge on any atom is 0.305 e. The largest absolute Gasteiger partial charge is 0.469 e. The molecule has 1 aromatic heterocycles. The molecule has 0 unspecified atom stereocenters. The molecular weight excluding hydrogens is 216 g/mol. The van der Waals surface area contributed by atoms with Crippen LogP contribution >= 0.6 is 0 Å². The molecule has 0 saturated carbocycles. The van der Waals surface area contributed by atoms with Gasteiger partial charge < -0.3 is 15.5 Å².